The van der Waals surface area contributed by atoms with Crippen LogP contribution in [0.25, 0.3) is 6.08 Å². The first kappa shape index (κ1) is 22.9. The minimum absolute atomic E-state index is 0.0156. The van der Waals surface area contributed by atoms with Crippen LogP contribution in [0.5, 0.6) is 0 Å². The molecule has 160 valence electrons. The van der Waals surface area contributed by atoms with Crippen molar-refractivity contribution in [1.82, 2.24) is 15.5 Å². The van der Waals surface area contributed by atoms with Crippen molar-refractivity contribution in [3.63, 3.8) is 0 Å². The second-order valence-electron chi connectivity index (χ2n) is 6.41. The number of carbonyl (C=O) groups is 4. The van der Waals surface area contributed by atoms with Crippen molar-refractivity contribution in [2.75, 3.05) is 19.6 Å². The van der Waals surface area contributed by atoms with Gasteiger partial charge in [-0.15, -0.1) is 0 Å². The minimum atomic E-state index is -0.451. The largest absolute Gasteiger partial charge is 0.353 e. The van der Waals surface area contributed by atoms with Crippen molar-refractivity contribution in [3.8, 4) is 0 Å². The van der Waals surface area contributed by atoms with Crippen LogP contribution in [0.3, 0.4) is 0 Å². The molecule has 1 saturated heterocycles. The lowest BCUT2D eigenvalue weighted by atomic mass is 10.2. The monoisotopic (exact) mass is 477 g/mol. The number of nitrogens with one attached hydrogen (secondary N) is 2. The Morgan fingerprint density at radius 2 is 1.74 bits per heavy atom. The van der Waals surface area contributed by atoms with E-state index in [0.29, 0.717) is 21.2 Å². The van der Waals surface area contributed by atoms with Crippen LogP contribution in [-0.2, 0) is 9.59 Å². The van der Waals surface area contributed by atoms with Crippen molar-refractivity contribution < 1.29 is 19.2 Å². The second-order valence-corrected chi connectivity index (χ2v) is 8.21. The summed E-state index contributed by atoms with van der Waals surface area (Å²) in [6.07, 6.45) is 1.56. The van der Waals surface area contributed by atoms with E-state index in [9.17, 15) is 19.2 Å². The molecule has 1 aliphatic rings. The highest BCUT2D eigenvalue weighted by Crippen LogP contribution is 2.33. The normalized spacial score (nSPS) is 14.8. The first-order valence-electron chi connectivity index (χ1n) is 9.15. The molecule has 1 heterocycles. The standard InChI is InChI=1S/C21H17Cl2N3O4S/c22-15-7-6-13(10-16(15)23)11-17-20(29)26(21(30)31-17)9-8-24-18(27)12-25-19(28)14-4-2-1-3-5-14/h1-7,10-11H,8-9,12H2,(H,24,27)(H,25,28)/b17-11-. The second kappa shape index (κ2) is 10.5. The summed E-state index contributed by atoms with van der Waals surface area (Å²) in [5.74, 6) is -1.25. The number of amides is 4. The van der Waals surface area contributed by atoms with Gasteiger partial charge in [0.15, 0.2) is 0 Å². The maximum absolute atomic E-state index is 12.5. The van der Waals surface area contributed by atoms with Gasteiger partial charge in [-0.2, -0.15) is 0 Å². The van der Waals surface area contributed by atoms with Gasteiger partial charge in [0, 0.05) is 18.7 Å². The average molecular weight is 478 g/mol. The molecule has 0 radical (unpaired) electrons. The van der Waals surface area contributed by atoms with Crippen molar-refractivity contribution in [2.24, 2.45) is 0 Å². The molecule has 2 aromatic rings. The maximum Gasteiger partial charge on any atom is 0.293 e. The first-order chi connectivity index (χ1) is 14.8. The van der Waals surface area contributed by atoms with Crippen LogP contribution in [-0.4, -0.2) is 47.5 Å². The molecule has 0 aromatic heterocycles. The van der Waals surface area contributed by atoms with Crippen molar-refractivity contribution in [3.05, 3.63) is 74.6 Å². The Hall–Kier alpha value is -2.81. The van der Waals surface area contributed by atoms with Crippen molar-refractivity contribution in [2.45, 2.75) is 0 Å². The van der Waals surface area contributed by atoms with E-state index in [2.05, 4.69) is 10.6 Å². The molecule has 2 aromatic carbocycles. The van der Waals surface area contributed by atoms with E-state index in [-0.39, 0.29) is 30.4 Å². The Balaban J connectivity index is 1.48. The third kappa shape index (κ3) is 6.10. The summed E-state index contributed by atoms with van der Waals surface area (Å²) in [6, 6.07) is 13.4. The SMILES string of the molecule is O=C(CNC(=O)c1ccccc1)NCCN1C(=O)S/C(=C\c2ccc(Cl)c(Cl)c2)C1=O. The molecule has 4 amide bonds. The molecule has 10 heteroatoms. The highest BCUT2D eigenvalue weighted by molar-refractivity contribution is 8.18. The summed E-state index contributed by atoms with van der Waals surface area (Å²) in [6.45, 7) is -0.132. The summed E-state index contributed by atoms with van der Waals surface area (Å²) < 4.78 is 0. The summed E-state index contributed by atoms with van der Waals surface area (Å²) in [5, 5.41) is 5.39. The first-order valence-corrected chi connectivity index (χ1v) is 10.7. The number of hydrogen-bond donors (Lipinski definition) is 2. The number of hydrogen-bond acceptors (Lipinski definition) is 5. The lowest BCUT2D eigenvalue weighted by Gasteiger charge is -2.13. The Labute approximate surface area is 192 Å². The smallest absolute Gasteiger partial charge is 0.293 e. The minimum Gasteiger partial charge on any atom is -0.353 e. The van der Waals surface area contributed by atoms with E-state index in [1.54, 1.807) is 54.6 Å². The Morgan fingerprint density at radius 1 is 1.00 bits per heavy atom. The number of halogens is 2. The molecule has 2 N–H and O–H groups in total. The fraction of sp³-hybridized carbons (Fsp3) is 0.143. The molecule has 0 saturated carbocycles. The van der Waals surface area contributed by atoms with Gasteiger partial charge in [0.1, 0.15) is 0 Å². The number of nitrogens with zero attached hydrogens (tertiary/aromatic N) is 1. The number of thioether (sulfide) groups is 1. The number of imide groups is 1. The molecule has 0 atom stereocenters. The van der Waals surface area contributed by atoms with Gasteiger partial charge in [0.25, 0.3) is 17.1 Å². The van der Waals surface area contributed by atoms with Crippen LogP contribution < -0.4 is 10.6 Å². The van der Waals surface area contributed by atoms with Crippen molar-refractivity contribution in [1.29, 1.82) is 0 Å². The van der Waals surface area contributed by atoms with Crippen molar-refractivity contribution >= 4 is 64.0 Å². The van der Waals surface area contributed by atoms with Gasteiger partial charge in [-0.1, -0.05) is 47.5 Å². The van der Waals surface area contributed by atoms with Gasteiger partial charge in [0.2, 0.25) is 5.91 Å². The van der Waals surface area contributed by atoms with Gasteiger partial charge < -0.3 is 10.6 Å². The number of carbonyl (C=O) groups excluding carboxylic acids is 4. The Morgan fingerprint density at radius 3 is 2.45 bits per heavy atom. The summed E-state index contributed by atoms with van der Waals surface area (Å²) in [4.78, 5) is 49.8. The molecule has 0 bridgehead atoms. The van der Waals surface area contributed by atoms with E-state index in [4.69, 9.17) is 23.2 Å². The fourth-order valence-electron chi connectivity index (χ4n) is 2.67. The van der Waals surface area contributed by atoms with Crippen LogP contribution >= 0.6 is 35.0 Å². The maximum atomic E-state index is 12.5. The van der Waals surface area contributed by atoms with E-state index in [0.717, 1.165) is 16.7 Å². The molecule has 3 rings (SSSR count). The van der Waals surface area contributed by atoms with Gasteiger partial charge in [0.05, 0.1) is 21.5 Å². The topological polar surface area (TPSA) is 95.6 Å². The predicted molar refractivity (Wildman–Crippen MR) is 121 cm³/mol. The molecular weight excluding hydrogens is 461 g/mol. The molecule has 0 unspecified atom stereocenters. The summed E-state index contributed by atoms with van der Waals surface area (Å²) >= 11 is 12.7. The van der Waals surface area contributed by atoms with Gasteiger partial charge in [-0.05, 0) is 47.7 Å². The van der Waals surface area contributed by atoms with Crippen LogP contribution in [0.1, 0.15) is 15.9 Å². The van der Waals surface area contributed by atoms with E-state index in [1.165, 1.54) is 0 Å². The average Bonchev–Trinajstić information content (AvgIpc) is 3.02. The zero-order valence-corrected chi connectivity index (χ0v) is 18.4. The predicted octanol–water partition coefficient (Wildman–Crippen LogP) is 3.58. The lowest BCUT2D eigenvalue weighted by molar-refractivity contribution is -0.124. The lowest BCUT2D eigenvalue weighted by Crippen LogP contribution is -2.41. The van der Waals surface area contributed by atoms with Crippen LogP contribution in [0.4, 0.5) is 4.79 Å². The van der Waals surface area contributed by atoms with Crippen LogP contribution in [0, 0.1) is 0 Å². The Bertz CT molecular complexity index is 1060. The van der Waals surface area contributed by atoms with E-state index >= 15 is 0 Å². The van der Waals surface area contributed by atoms with Crippen LogP contribution in [0.2, 0.25) is 10.0 Å². The zero-order chi connectivity index (χ0) is 22.4. The summed E-state index contributed by atoms with van der Waals surface area (Å²) in [5.41, 5.74) is 1.09. The van der Waals surface area contributed by atoms with E-state index in [1.807, 2.05) is 0 Å². The zero-order valence-electron chi connectivity index (χ0n) is 16.1. The summed E-state index contributed by atoms with van der Waals surface area (Å²) in [7, 11) is 0. The molecule has 31 heavy (non-hydrogen) atoms. The fourth-order valence-corrected chi connectivity index (χ4v) is 3.84. The van der Waals surface area contributed by atoms with Crippen LogP contribution in [0.15, 0.2) is 53.4 Å². The van der Waals surface area contributed by atoms with Gasteiger partial charge in [-0.25, -0.2) is 0 Å². The van der Waals surface area contributed by atoms with E-state index < -0.39 is 17.1 Å². The molecule has 0 aliphatic carbocycles. The van der Waals surface area contributed by atoms with Gasteiger partial charge in [-0.3, -0.25) is 24.1 Å². The third-order valence-corrected chi connectivity index (χ3v) is 5.86. The quantitative estimate of drug-likeness (QED) is 0.594. The number of rotatable bonds is 7. The molecular formula is C21H17Cl2N3O4S. The van der Waals surface area contributed by atoms with Gasteiger partial charge >= 0.3 is 0 Å². The highest BCUT2D eigenvalue weighted by Gasteiger charge is 2.34. The molecule has 0 spiro atoms. The molecule has 1 aliphatic heterocycles. The Kier molecular flexibility index (Phi) is 7.73. The molecule has 1 fully saturated rings. The number of benzene rings is 2. The third-order valence-electron chi connectivity index (χ3n) is 4.22. The molecule has 7 nitrogen and oxygen atoms in total. The highest BCUT2D eigenvalue weighted by atomic mass is 35.5.